The van der Waals surface area contributed by atoms with Gasteiger partial charge in [0.2, 0.25) is 11.9 Å². The molecule has 3 aromatic carbocycles. The summed E-state index contributed by atoms with van der Waals surface area (Å²) in [5, 5.41) is 7.84. The van der Waals surface area contributed by atoms with Crippen molar-refractivity contribution in [2.45, 2.75) is 50.6 Å². The fourth-order valence-electron chi connectivity index (χ4n) is 8.86. The van der Waals surface area contributed by atoms with Crippen LogP contribution in [-0.2, 0) is 24.2 Å². The van der Waals surface area contributed by atoms with Crippen molar-refractivity contribution in [3.8, 4) is 11.1 Å². The Balaban J connectivity index is 1.02. The van der Waals surface area contributed by atoms with Crippen molar-refractivity contribution in [2.24, 2.45) is 11.7 Å². The fourth-order valence-corrected chi connectivity index (χ4v) is 9.86. The second-order valence-electron chi connectivity index (χ2n) is 15.8. The van der Waals surface area contributed by atoms with E-state index in [1.807, 2.05) is 24.3 Å². The number of nitrogens with zero attached hydrogens (tertiary/aromatic N) is 7. The molecule has 2 fully saturated rings. The molecule has 4 aromatic heterocycles. The molecule has 2 unspecified atom stereocenters. The lowest BCUT2D eigenvalue weighted by Crippen LogP contribution is -2.46. The second-order valence-corrected chi connectivity index (χ2v) is 16.8. The summed E-state index contributed by atoms with van der Waals surface area (Å²) in [5.41, 5.74) is 9.23. The van der Waals surface area contributed by atoms with Crippen LogP contribution in [0, 0.1) is 23.4 Å². The van der Waals surface area contributed by atoms with Crippen LogP contribution in [0.25, 0.3) is 32.5 Å². The minimum Gasteiger partial charge on any atom is -0.366 e. The number of nitrogens with one attached hydrogen (secondary N) is 2. The highest BCUT2D eigenvalue weighted by Crippen LogP contribution is 2.55. The Morgan fingerprint density at radius 1 is 0.918 bits per heavy atom. The predicted octanol–water partition coefficient (Wildman–Crippen LogP) is 7.36. The molecule has 1 saturated carbocycles. The third-order valence-electron chi connectivity index (χ3n) is 11.9. The zero-order chi connectivity index (χ0) is 42.1. The average molecular weight is 853 g/mol. The maximum atomic E-state index is 14.9. The van der Waals surface area contributed by atoms with Crippen LogP contribution in [0.3, 0.4) is 0 Å². The second kappa shape index (κ2) is 15.2. The molecular formula is C43H37F5N10O2S. The number of H-pyrrole nitrogens is 1. The van der Waals surface area contributed by atoms with Gasteiger partial charge in [-0.25, -0.2) is 31.9 Å². The van der Waals surface area contributed by atoms with Crippen molar-refractivity contribution in [1.29, 1.82) is 0 Å². The molecule has 0 spiro atoms. The number of alkyl halides is 2. The highest BCUT2D eigenvalue weighted by Gasteiger charge is 2.47. The highest BCUT2D eigenvalue weighted by molar-refractivity contribution is 7.22. The van der Waals surface area contributed by atoms with Gasteiger partial charge in [-0.2, -0.15) is 10.1 Å². The van der Waals surface area contributed by atoms with Gasteiger partial charge in [-0.05, 0) is 85.2 Å². The first-order chi connectivity index (χ1) is 29.4. The van der Waals surface area contributed by atoms with Crippen LogP contribution in [0.2, 0.25) is 0 Å². The van der Waals surface area contributed by atoms with Gasteiger partial charge in [0, 0.05) is 55.0 Å². The van der Waals surface area contributed by atoms with Gasteiger partial charge in [-0.15, -0.1) is 0 Å². The van der Waals surface area contributed by atoms with Gasteiger partial charge < -0.3 is 25.8 Å². The van der Waals surface area contributed by atoms with Crippen molar-refractivity contribution in [1.82, 2.24) is 35.0 Å². The van der Waals surface area contributed by atoms with E-state index in [2.05, 4.69) is 25.2 Å². The third-order valence-corrected chi connectivity index (χ3v) is 12.9. The van der Waals surface area contributed by atoms with Crippen molar-refractivity contribution < 1.29 is 31.5 Å². The minimum atomic E-state index is -2.81. The van der Waals surface area contributed by atoms with Crippen molar-refractivity contribution in [3.05, 3.63) is 118 Å². The third kappa shape index (κ3) is 7.42. The Bertz CT molecular complexity index is 2820. The standard InChI is InChI=1S/C43H37F5N10O2S/c44-24-13-21(14-25(45)18-24)15-33(50-35(59)20-58-38-26(37(55-58)39(47)48)7-5-23-16-28(23)38)36-27(22-6-8-30(46)29(17-22)40(49)60)19-34-41(53-36)54-43(61-34)57-11-9-56(10-12-57)42-51-31-3-1-2-4-32(31)52-42/h1-4,6,8,13-14,17-19,23,28,33,39H,5,7,9-12,15-16,20H2,(H2,49,60)(H,50,59)(H,51,52)/t23?,28?,33-/m0/s1. The lowest BCUT2D eigenvalue weighted by molar-refractivity contribution is -0.122. The monoisotopic (exact) mass is 852 g/mol. The number of benzene rings is 3. The molecule has 61 heavy (non-hydrogen) atoms. The number of amides is 2. The number of imidazole rings is 1. The molecule has 3 aliphatic rings. The number of hydrogen-bond donors (Lipinski definition) is 3. The van der Waals surface area contributed by atoms with Gasteiger partial charge in [0.15, 0.2) is 10.8 Å². The Labute approximate surface area is 348 Å². The molecule has 3 atom stereocenters. The smallest absolute Gasteiger partial charge is 0.282 e. The largest absolute Gasteiger partial charge is 0.366 e. The van der Waals surface area contributed by atoms with Crippen molar-refractivity contribution >= 4 is 55.6 Å². The number of rotatable bonds is 11. The zero-order valence-corrected chi connectivity index (χ0v) is 33.2. The van der Waals surface area contributed by atoms with Crippen LogP contribution in [0.4, 0.5) is 33.0 Å². The van der Waals surface area contributed by atoms with Crippen LogP contribution >= 0.6 is 11.3 Å². The van der Waals surface area contributed by atoms with E-state index in [4.69, 9.17) is 20.7 Å². The van der Waals surface area contributed by atoms with E-state index in [1.165, 1.54) is 28.2 Å². The number of thiazole rings is 1. The van der Waals surface area contributed by atoms with Gasteiger partial charge in [-0.1, -0.05) is 29.5 Å². The maximum absolute atomic E-state index is 14.9. The molecule has 2 aliphatic carbocycles. The average Bonchev–Trinajstić information content (AvgIpc) is 3.52. The molecule has 1 aliphatic heterocycles. The number of anilines is 2. The Morgan fingerprint density at radius 3 is 2.44 bits per heavy atom. The van der Waals surface area contributed by atoms with E-state index >= 15 is 0 Å². The van der Waals surface area contributed by atoms with Gasteiger partial charge in [0.1, 0.15) is 29.7 Å². The molecule has 1 saturated heterocycles. The normalized spacial score (nSPS) is 17.8. The highest BCUT2D eigenvalue weighted by atomic mass is 32.1. The quantitative estimate of drug-likeness (QED) is 0.114. The summed E-state index contributed by atoms with van der Waals surface area (Å²) in [6.45, 7) is 2.15. The molecular weight excluding hydrogens is 816 g/mol. The molecule has 18 heteroatoms. The van der Waals surface area contributed by atoms with E-state index in [9.17, 15) is 31.5 Å². The van der Waals surface area contributed by atoms with Crippen LogP contribution in [0.15, 0.2) is 66.7 Å². The molecule has 0 bridgehead atoms. The zero-order valence-electron chi connectivity index (χ0n) is 32.3. The summed E-state index contributed by atoms with van der Waals surface area (Å²) in [4.78, 5) is 48.8. The number of nitrogens with two attached hydrogens (primary N) is 1. The number of primary amides is 1. The molecule has 0 radical (unpaired) electrons. The summed E-state index contributed by atoms with van der Waals surface area (Å²) in [6, 6.07) is 15.4. The minimum absolute atomic E-state index is 0.0447. The lowest BCUT2D eigenvalue weighted by Gasteiger charge is -2.34. The van der Waals surface area contributed by atoms with Crippen LogP contribution in [0.1, 0.15) is 69.8 Å². The van der Waals surface area contributed by atoms with E-state index < -0.39 is 48.3 Å². The number of carbonyl (C=O) groups is 2. The van der Waals surface area contributed by atoms with Gasteiger partial charge in [0.05, 0.1) is 33.0 Å². The number of pyridine rings is 1. The number of aromatic nitrogens is 6. The number of para-hydroxylation sites is 2. The van der Waals surface area contributed by atoms with E-state index in [-0.39, 0.29) is 34.9 Å². The number of fused-ring (bicyclic) bond motifs is 5. The first-order valence-electron chi connectivity index (χ1n) is 19.9. The molecule has 5 heterocycles. The van der Waals surface area contributed by atoms with Crippen molar-refractivity contribution in [2.75, 3.05) is 36.0 Å². The molecule has 312 valence electrons. The van der Waals surface area contributed by atoms with E-state index in [0.29, 0.717) is 76.4 Å². The van der Waals surface area contributed by atoms with Gasteiger partial charge >= 0.3 is 0 Å². The molecule has 10 rings (SSSR count). The predicted molar refractivity (Wildman–Crippen MR) is 219 cm³/mol. The molecule has 2 amide bonds. The Hall–Kier alpha value is -6.43. The molecule has 4 N–H and O–H groups in total. The SMILES string of the molecule is NC(=O)c1cc(-c2cc3sc(N4CCN(c5nc6ccccc6[nH]5)CC4)nc3nc2[C@H](Cc2cc(F)cc(F)c2)NC(=O)Cn2nc(C(F)F)c3c2C2CC2CC3)ccc1F. The number of carbonyl (C=O) groups excluding carboxylic acids is 2. The summed E-state index contributed by atoms with van der Waals surface area (Å²) in [6.07, 6.45) is -0.901. The number of halogens is 5. The summed E-state index contributed by atoms with van der Waals surface area (Å²) < 4.78 is 74.5. The summed E-state index contributed by atoms with van der Waals surface area (Å²) in [5.74, 6) is -2.93. The van der Waals surface area contributed by atoms with Crippen molar-refractivity contribution in [3.63, 3.8) is 0 Å². The summed E-state index contributed by atoms with van der Waals surface area (Å²) >= 11 is 1.38. The van der Waals surface area contributed by atoms with Crippen LogP contribution in [-0.4, -0.2) is 67.7 Å². The van der Waals surface area contributed by atoms with Crippen LogP contribution < -0.4 is 20.9 Å². The van der Waals surface area contributed by atoms with Crippen LogP contribution in [0.5, 0.6) is 0 Å². The number of hydrogen-bond acceptors (Lipinski definition) is 9. The summed E-state index contributed by atoms with van der Waals surface area (Å²) in [7, 11) is 0. The maximum Gasteiger partial charge on any atom is 0.282 e. The number of aromatic amines is 1. The topological polar surface area (TPSA) is 151 Å². The molecule has 12 nitrogen and oxygen atoms in total. The van der Waals surface area contributed by atoms with Gasteiger partial charge in [-0.3, -0.25) is 14.3 Å². The van der Waals surface area contributed by atoms with Gasteiger partial charge in [0.25, 0.3) is 12.3 Å². The molecule has 7 aromatic rings. The Kier molecular flexibility index (Phi) is 9.68. The fraction of sp³-hybridized carbons (Fsp3) is 0.302. The Morgan fingerprint density at radius 2 is 1.69 bits per heavy atom. The lowest BCUT2D eigenvalue weighted by atomic mass is 9.94. The first-order valence-corrected chi connectivity index (χ1v) is 20.7. The number of piperazine rings is 1. The first kappa shape index (κ1) is 38.8. The van der Waals surface area contributed by atoms with E-state index in [1.54, 1.807) is 6.07 Å². The van der Waals surface area contributed by atoms with E-state index in [0.717, 1.165) is 54.1 Å².